The molecule has 1 saturated carbocycles. The second-order valence-corrected chi connectivity index (χ2v) is 7.17. The largest absolute Gasteiger partial charge is 0.364 e. The van der Waals surface area contributed by atoms with Gasteiger partial charge in [-0.3, -0.25) is 0 Å². The first-order valence-electron chi connectivity index (χ1n) is 7.53. The van der Waals surface area contributed by atoms with E-state index in [0.29, 0.717) is 6.17 Å². The molecule has 0 saturated heterocycles. The standard InChI is InChI=1S/C15H22N4S/c1-19-13-6-5-10(12-8-20-15(16)18-12)7-11(13)17-14(19)9-3-2-4-9/h7-9,14-15,17-18H,2-6,16H2,1H3. The summed E-state index contributed by atoms with van der Waals surface area (Å²) in [5.74, 6) is 0.829. The van der Waals surface area contributed by atoms with Crippen molar-refractivity contribution in [3.8, 4) is 0 Å². The zero-order chi connectivity index (χ0) is 13.7. The van der Waals surface area contributed by atoms with E-state index in [4.69, 9.17) is 5.73 Å². The van der Waals surface area contributed by atoms with Crippen molar-refractivity contribution in [2.75, 3.05) is 7.05 Å². The molecule has 0 bridgehead atoms. The Morgan fingerprint density at radius 2 is 2.15 bits per heavy atom. The molecule has 2 aliphatic heterocycles. The minimum absolute atomic E-state index is 0.0169. The molecule has 0 aromatic carbocycles. The van der Waals surface area contributed by atoms with E-state index in [1.807, 2.05) is 0 Å². The van der Waals surface area contributed by atoms with Gasteiger partial charge in [-0.15, -0.1) is 0 Å². The van der Waals surface area contributed by atoms with Crippen LogP contribution < -0.4 is 16.4 Å². The Morgan fingerprint density at radius 1 is 1.30 bits per heavy atom. The SMILES string of the molecule is CN1C2=C(C=C(C3=CSC(N)N3)CC2)NC1C1CCC1. The van der Waals surface area contributed by atoms with Crippen LogP contribution in [0.15, 0.2) is 34.1 Å². The predicted molar refractivity (Wildman–Crippen MR) is 83.2 cm³/mol. The molecule has 4 aliphatic rings. The molecule has 20 heavy (non-hydrogen) atoms. The zero-order valence-electron chi connectivity index (χ0n) is 11.9. The van der Waals surface area contributed by atoms with Crippen LogP contribution in [0.2, 0.25) is 0 Å². The molecule has 2 unspecified atom stereocenters. The van der Waals surface area contributed by atoms with Gasteiger partial charge in [-0.2, -0.15) is 0 Å². The summed E-state index contributed by atoms with van der Waals surface area (Å²) in [6, 6.07) is 0. The normalized spacial score (nSPS) is 33.2. The van der Waals surface area contributed by atoms with E-state index in [1.165, 1.54) is 41.9 Å². The second-order valence-electron chi connectivity index (χ2n) is 6.15. The van der Waals surface area contributed by atoms with Gasteiger partial charge in [0.25, 0.3) is 0 Å². The summed E-state index contributed by atoms with van der Waals surface area (Å²) in [5.41, 5.74) is 11.3. The lowest BCUT2D eigenvalue weighted by Crippen LogP contribution is -2.44. The summed E-state index contributed by atoms with van der Waals surface area (Å²) in [7, 11) is 2.25. The van der Waals surface area contributed by atoms with E-state index in [2.05, 4.69) is 34.1 Å². The maximum atomic E-state index is 5.88. The van der Waals surface area contributed by atoms with Gasteiger partial charge in [0.2, 0.25) is 0 Å². The summed E-state index contributed by atoms with van der Waals surface area (Å²) in [6.45, 7) is 0. The van der Waals surface area contributed by atoms with Gasteiger partial charge in [-0.05, 0) is 48.7 Å². The van der Waals surface area contributed by atoms with Gasteiger partial charge in [-0.25, -0.2) is 0 Å². The Labute approximate surface area is 124 Å². The Morgan fingerprint density at radius 3 is 2.80 bits per heavy atom. The quantitative estimate of drug-likeness (QED) is 0.726. The molecule has 0 spiro atoms. The van der Waals surface area contributed by atoms with Gasteiger partial charge in [0.1, 0.15) is 11.7 Å². The Hall–Kier alpha value is -1.07. The molecule has 0 radical (unpaired) electrons. The average Bonchev–Trinajstić information content (AvgIpc) is 2.93. The molecule has 108 valence electrons. The number of nitrogens with one attached hydrogen (secondary N) is 2. The van der Waals surface area contributed by atoms with E-state index in [1.54, 1.807) is 11.8 Å². The van der Waals surface area contributed by atoms with Crippen molar-refractivity contribution in [3.05, 3.63) is 34.1 Å². The fraction of sp³-hybridized carbons (Fsp3) is 0.600. The van der Waals surface area contributed by atoms with Crippen LogP contribution in [-0.4, -0.2) is 23.6 Å². The van der Waals surface area contributed by atoms with Crippen LogP contribution in [0, 0.1) is 5.92 Å². The number of allylic oxidation sites excluding steroid dienone is 3. The van der Waals surface area contributed by atoms with Crippen LogP contribution in [0.4, 0.5) is 0 Å². The first kappa shape index (κ1) is 12.7. The second kappa shape index (κ2) is 4.74. The number of nitrogens with two attached hydrogens (primary N) is 1. The monoisotopic (exact) mass is 290 g/mol. The number of rotatable bonds is 2. The molecular weight excluding hydrogens is 268 g/mol. The molecule has 0 aromatic heterocycles. The van der Waals surface area contributed by atoms with Gasteiger partial charge >= 0.3 is 0 Å². The highest BCUT2D eigenvalue weighted by Gasteiger charge is 2.37. The third kappa shape index (κ3) is 1.95. The van der Waals surface area contributed by atoms with Gasteiger partial charge in [0.05, 0.1) is 5.70 Å². The number of hydrogen-bond donors (Lipinski definition) is 3. The summed E-state index contributed by atoms with van der Waals surface area (Å²) in [6.07, 6.45) is 9.22. The van der Waals surface area contributed by atoms with Crippen molar-refractivity contribution < 1.29 is 0 Å². The molecule has 2 heterocycles. The first-order valence-corrected chi connectivity index (χ1v) is 8.48. The van der Waals surface area contributed by atoms with E-state index in [0.717, 1.165) is 18.8 Å². The lowest BCUT2D eigenvalue weighted by molar-refractivity contribution is 0.144. The maximum absolute atomic E-state index is 5.88. The third-order valence-electron chi connectivity index (χ3n) is 4.98. The Bertz CT molecular complexity index is 518. The summed E-state index contributed by atoms with van der Waals surface area (Å²) < 4.78 is 0. The Kier molecular flexibility index (Phi) is 3.00. The van der Waals surface area contributed by atoms with Gasteiger partial charge in [0.15, 0.2) is 0 Å². The van der Waals surface area contributed by atoms with Crippen LogP contribution in [-0.2, 0) is 0 Å². The smallest absolute Gasteiger partial charge is 0.127 e. The molecule has 5 heteroatoms. The van der Waals surface area contributed by atoms with Crippen LogP contribution in [0.1, 0.15) is 32.1 Å². The third-order valence-corrected chi connectivity index (χ3v) is 5.76. The number of thioether (sulfide) groups is 1. The minimum atomic E-state index is 0.0169. The van der Waals surface area contributed by atoms with Crippen LogP contribution in [0.3, 0.4) is 0 Å². The van der Waals surface area contributed by atoms with Crippen LogP contribution in [0.5, 0.6) is 0 Å². The molecular formula is C15H22N4S. The molecule has 4 nitrogen and oxygen atoms in total. The highest BCUT2D eigenvalue weighted by Crippen LogP contribution is 2.40. The van der Waals surface area contributed by atoms with E-state index < -0.39 is 0 Å². The van der Waals surface area contributed by atoms with Crippen molar-refractivity contribution in [2.45, 2.75) is 43.8 Å². The summed E-state index contributed by atoms with van der Waals surface area (Å²) in [4.78, 5) is 2.48. The average molecular weight is 290 g/mol. The molecule has 4 N–H and O–H groups in total. The maximum Gasteiger partial charge on any atom is 0.127 e. The van der Waals surface area contributed by atoms with Crippen molar-refractivity contribution >= 4 is 11.8 Å². The van der Waals surface area contributed by atoms with E-state index in [-0.39, 0.29) is 5.50 Å². The lowest BCUT2D eigenvalue weighted by atomic mass is 9.82. The Balaban J connectivity index is 1.54. The van der Waals surface area contributed by atoms with E-state index in [9.17, 15) is 0 Å². The van der Waals surface area contributed by atoms with Crippen molar-refractivity contribution in [3.63, 3.8) is 0 Å². The minimum Gasteiger partial charge on any atom is -0.364 e. The van der Waals surface area contributed by atoms with Crippen LogP contribution >= 0.6 is 11.8 Å². The van der Waals surface area contributed by atoms with Gasteiger partial charge < -0.3 is 21.3 Å². The highest BCUT2D eigenvalue weighted by molar-refractivity contribution is 8.02. The fourth-order valence-electron chi connectivity index (χ4n) is 3.57. The van der Waals surface area contributed by atoms with Crippen molar-refractivity contribution in [1.82, 2.24) is 15.5 Å². The highest BCUT2D eigenvalue weighted by atomic mass is 32.2. The molecule has 2 aliphatic carbocycles. The summed E-state index contributed by atoms with van der Waals surface area (Å²) in [5, 5.41) is 9.24. The van der Waals surface area contributed by atoms with Gasteiger partial charge in [-0.1, -0.05) is 18.2 Å². The number of nitrogens with zero attached hydrogens (tertiary/aromatic N) is 1. The molecule has 0 aromatic rings. The van der Waals surface area contributed by atoms with Crippen molar-refractivity contribution in [2.24, 2.45) is 11.7 Å². The van der Waals surface area contributed by atoms with Gasteiger partial charge in [0, 0.05) is 18.4 Å². The first-order chi connectivity index (χ1) is 9.72. The lowest BCUT2D eigenvalue weighted by Gasteiger charge is -2.37. The number of hydrogen-bond acceptors (Lipinski definition) is 5. The summed E-state index contributed by atoms with van der Waals surface area (Å²) >= 11 is 1.66. The van der Waals surface area contributed by atoms with E-state index >= 15 is 0 Å². The van der Waals surface area contributed by atoms with Crippen molar-refractivity contribution in [1.29, 1.82) is 0 Å². The molecule has 1 fully saturated rings. The van der Waals surface area contributed by atoms with Crippen LogP contribution in [0.25, 0.3) is 0 Å². The fourth-order valence-corrected chi connectivity index (χ4v) is 4.26. The topological polar surface area (TPSA) is 53.3 Å². The predicted octanol–water partition coefficient (Wildman–Crippen LogP) is 2.00. The molecule has 0 amide bonds. The zero-order valence-corrected chi connectivity index (χ0v) is 12.7. The molecule has 4 rings (SSSR count). The molecule has 2 atom stereocenters.